The Morgan fingerprint density at radius 2 is 2.35 bits per heavy atom. The number of pyridine rings is 1. The average molecular weight is 235 g/mol. The number of anilines is 1. The molecule has 3 N–H and O–H groups in total. The maximum atomic E-state index is 8.98. The molecule has 1 aliphatic rings. The smallest absolute Gasteiger partial charge is 0.123 e. The SMILES string of the molecule is Nc1cccc(CN2CCCC(CCO)C2)n1. The number of aromatic nitrogens is 1. The number of nitrogen functional groups attached to an aromatic ring is 1. The molecule has 0 aromatic carbocycles. The van der Waals surface area contributed by atoms with Crippen LogP contribution < -0.4 is 5.73 Å². The molecule has 94 valence electrons. The van der Waals surface area contributed by atoms with E-state index in [1.54, 1.807) is 0 Å². The number of piperidine rings is 1. The minimum atomic E-state index is 0.301. The van der Waals surface area contributed by atoms with Crippen molar-refractivity contribution in [3.05, 3.63) is 23.9 Å². The van der Waals surface area contributed by atoms with E-state index in [4.69, 9.17) is 10.8 Å². The zero-order chi connectivity index (χ0) is 12.1. The van der Waals surface area contributed by atoms with E-state index in [0.29, 0.717) is 18.3 Å². The summed E-state index contributed by atoms with van der Waals surface area (Å²) in [5, 5.41) is 8.98. The van der Waals surface area contributed by atoms with Crippen LogP contribution in [0.4, 0.5) is 5.82 Å². The van der Waals surface area contributed by atoms with Crippen molar-refractivity contribution in [2.24, 2.45) is 5.92 Å². The maximum Gasteiger partial charge on any atom is 0.123 e. The highest BCUT2D eigenvalue weighted by Gasteiger charge is 2.19. The minimum Gasteiger partial charge on any atom is -0.396 e. The first kappa shape index (κ1) is 12.3. The largest absolute Gasteiger partial charge is 0.396 e. The van der Waals surface area contributed by atoms with Gasteiger partial charge < -0.3 is 10.8 Å². The molecule has 0 saturated carbocycles. The van der Waals surface area contributed by atoms with E-state index < -0.39 is 0 Å². The van der Waals surface area contributed by atoms with Crippen molar-refractivity contribution < 1.29 is 5.11 Å². The van der Waals surface area contributed by atoms with Gasteiger partial charge in [0.15, 0.2) is 0 Å². The first-order valence-corrected chi connectivity index (χ1v) is 6.32. The topological polar surface area (TPSA) is 62.4 Å². The third-order valence-corrected chi connectivity index (χ3v) is 3.35. The second kappa shape index (κ2) is 5.98. The third kappa shape index (κ3) is 3.68. The van der Waals surface area contributed by atoms with Crippen molar-refractivity contribution in [2.75, 3.05) is 25.4 Å². The molecule has 2 heterocycles. The zero-order valence-electron chi connectivity index (χ0n) is 10.2. The Balaban J connectivity index is 1.90. The summed E-state index contributed by atoms with van der Waals surface area (Å²) in [6.07, 6.45) is 3.37. The Labute approximate surface area is 102 Å². The average Bonchev–Trinajstić information content (AvgIpc) is 2.30. The van der Waals surface area contributed by atoms with E-state index in [-0.39, 0.29) is 0 Å². The highest BCUT2D eigenvalue weighted by molar-refractivity contribution is 5.28. The third-order valence-electron chi connectivity index (χ3n) is 3.35. The van der Waals surface area contributed by atoms with Crippen LogP contribution in [-0.4, -0.2) is 34.7 Å². The zero-order valence-corrected chi connectivity index (χ0v) is 10.2. The number of rotatable bonds is 4. The van der Waals surface area contributed by atoms with Crippen molar-refractivity contribution >= 4 is 5.82 Å². The minimum absolute atomic E-state index is 0.301. The van der Waals surface area contributed by atoms with E-state index in [1.165, 1.54) is 12.8 Å². The molecule has 1 saturated heterocycles. The molecular weight excluding hydrogens is 214 g/mol. The molecule has 4 nitrogen and oxygen atoms in total. The Morgan fingerprint density at radius 3 is 3.12 bits per heavy atom. The van der Waals surface area contributed by atoms with Gasteiger partial charge in [0.2, 0.25) is 0 Å². The fourth-order valence-electron chi connectivity index (χ4n) is 2.53. The number of aliphatic hydroxyl groups excluding tert-OH is 1. The molecule has 0 aliphatic carbocycles. The van der Waals surface area contributed by atoms with Crippen LogP contribution in [0.5, 0.6) is 0 Å². The summed E-state index contributed by atoms with van der Waals surface area (Å²) in [6.45, 7) is 3.36. The second-order valence-corrected chi connectivity index (χ2v) is 4.81. The van der Waals surface area contributed by atoms with Crippen molar-refractivity contribution in [3.8, 4) is 0 Å². The molecular formula is C13H21N3O. The van der Waals surface area contributed by atoms with Gasteiger partial charge in [0.05, 0.1) is 5.69 Å². The summed E-state index contributed by atoms with van der Waals surface area (Å²) in [5.41, 5.74) is 6.71. The van der Waals surface area contributed by atoms with Crippen LogP contribution in [0.25, 0.3) is 0 Å². The Bertz CT molecular complexity index is 354. The number of hydrogen-bond donors (Lipinski definition) is 2. The van der Waals surface area contributed by atoms with Gasteiger partial charge in [-0.15, -0.1) is 0 Å². The lowest BCUT2D eigenvalue weighted by molar-refractivity contribution is 0.141. The quantitative estimate of drug-likeness (QED) is 0.824. The number of nitrogens with zero attached hydrogens (tertiary/aromatic N) is 2. The molecule has 0 bridgehead atoms. The first-order chi connectivity index (χ1) is 8.28. The van der Waals surface area contributed by atoms with Crippen molar-refractivity contribution in [3.63, 3.8) is 0 Å². The highest BCUT2D eigenvalue weighted by atomic mass is 16.3. The lowest BCUT2D eigenvalue weighted by Crippen LogP contribution is -2.35. The number of aliphatic hydroxyl groups is 1. The second-order valence-electron chi connectivity index (χ2n) is 4.81. The van der Waals surface area contributed by atoms with E-state index in [2.05, 4.69) is 9.88 Å². The standard InChI is InChI=1S/C13H21N3O/c14-13-5-1-4-12(15-13)10-16-7-2-3-11(9-16)6-8-17/h1,4-5,11,17H,2-3,6-10H2,(H2,14,15). The van der Waals surface area contributed by atoms with Gasteiger partial charge in [-0.1, -0.05) is 6.07 Å². The van der Waals surface area contributed by atoms with Crippen LogP contribution in [0.2, 0.25) is 0 Å². The van der Waals surface area contributed by atoms with Crippen LogP contribution in [0, 0.1) is 5.92 Å². The predicted octanol–water partition coefficient (Wildman–Crippen LogP) is 1.26. The van der Waals surface area contributed by atoms with Crippen LogP contribution >= 0.6 is 0 Å². The Hall–Kier alpha value is -1.13. The number of hydrogen-bond acceptors (Lipinski definition) is 4. The molecule has 2 rings (SSSR count). The van der Waals surface area contributed by atoms with Crippen LogP contribution in [0.15, 0.2) is 18.2 Å². The van der Waals surface area contributed by atoms with Crippen molar-refractivity contribution in [1.82, 2.24) is 9.88 Å². The lowest BCUT2D eigenvalue weighted by atomic mass is 9.95. The van der Waals surface area contributed by atoms with Gasteiger partial charge in [-0.05, 0) is 43.9 Å². The van der Waals surface area contributed by atoms with Gasteiger partial charge in [0, 0.05) is 19.7 Å². The summed E-state index contributed by atoms with van der Waals surface area (Å²) in [6, 6.07) is 5.78. The van der Waals surface area contributed by atoms with Crippen molar-refractivity contribution in [2.45, 2.75) is 25.8 Å². The lowest BCUT2D eigenvalue weighted by Gasteiger charge is -2.32. The molecule has 0 amide bonds. The molecule has 4 heteroatoms. The molecule has 1 atom stereocenters. The Kier molecular flexibility index (Phi) is 4.34. The molecule has 1 aromatic heterocycles. The van der Waals surface area contributed by atoms with Crippen molar-refractivity contribution in [1.29, 1.82) is 0 Å². The van der Waals surface area contributed by atoms with Gasteiger partial charge >= 0.3 is 0 Å². The molecule has 1 aromatic rings. The van der Waals surface area contributed by atoms with Gasteiger partial charge in [-0.2, -0.15) is 0 Å². The first-order valence-electron chi connectivity index (χ1n) is 6.32. The molecule has 1 fully saturated rings. The van der Waals surface area contributed by atoms with E-state index in [9.17, 15) is 0 Å². The Morgan fingerprint density at radius 1 is 1.47 bits per heavy atom. The summed E-state index contributed by atoms with van der Waals surface area (Å²) in [4.78, 5) is 6.73. The maximum absolute atomic E-state index is 8.98. The van der Waals surface area contributed by atoms with Gasteiger partial charge in [-0.3, -0.25) is 4.90 Å². The van der Waals surface area contributed by atoms with Gasteiger partial charge in [0.1, 0.15) is 5.82 Å². The summed E-state index contributed by atoms with van der Waals surface area (Å²) in [7, 11) is 0. The van der Waals surface area contributed by atoms with Crippen LogP contribution in [0.1, 0.15) is 25.0 Å². The molecule has 17 heavy (non-hydrogen) atoms. The number of nitrogens with two attached hydrogens (primary N) is 1. The van der Waals surface area contributed by atoms with Crippen LogP contribution in [0.3, 0.4) is 0 Å². The fraction of sp³-hybridized carbons (Fsp3) is 0.615. The highest BCUT2D eigenvalue weighted by Crippen LogP contribution is 2.20. The molecule has 1 aliphatic heterocycles. The predicted molar refractivity (Wildman–Crippen MR) is 68.4 cm³/mol. The summed E-state index contributed by atoms with van der Waals surface area (Å²) < 4.78 is 0. The van der Waals surface area contributed by atoms with Gasteiger partial charge in [0.25, 0.3) is 0 Å². The van der Waals surface area contributed by atoms with E-state index in [1.807, 2.05) is 18.2 Å². The fourth-order valence-corrected chi connectivity index (χ4v) is 2.53. The molecule has 0 spiro atoms. The normalized spacial score (nSPS) is 21.6. The van der Waals surface area contributed by atoms with Crippen LogP contribution in [-0.2, 0) is 6.54 Å². The summed E-state index contributed by atoms with van der Waals surface area (Å²) >= 11 is 0. The van der Waals surface area contributed by atoms with E-state index in [0.717, 1.165) is 31.7 Å². The molecule has 1 unspecified atom stereocenters. The van der Waals surface area contributed by atoms with E-state index >= 15 is 0 Å². The molecule has 0 radical (unpaired) electrons. The number of likely N-dealkylation sites (tertiary alicyclic amines) is 1. The van der Waals surface area contributed by atoms with Gasteiger partial charge in [-0.25, -0.2) is 4.98 Å². The monoisotopic (exact) mass is 235 g/mol. The summed E-state index contributed by atoms with van der Waals surface area (Å²) in [5.74, 6) is 1.22.